The Morgan fingerprint density at radius 3 is 2.83 bits per heavy atom. The van der Waals surface area contributed by atoms with E-state index in [0.29, 0.717) is 25.0 Å². The van der Waals surface area contributed by atoms with Crippen molar-refractivity contribution < 1.29 is 23.8 Å². The van der Waals surface area contributed by atoms with E-state index in [1.807, 2.05) is 6.07 Å². The second-order valence-electron chi connectivity index (χ2n) is 9.45. The summed E-state index contributed by atoms with van der Waals surface area (Å²) in [5.74, 6) is -1.16. The number of nitrogens with one attached hydrogen (secondary N) is 2. The van der Waals surface area contributed by atoms with Gasteiger partial charge in [-0.1, -0.05) is 12.1 Å². The Balaban J connectivity index is 1.20. The number of pyridine rings is 1. The van der Waals surface area contributed by atoms with Gasteiger partial charge in [0.1, 0.15) is 17.7 Å². The van der Waals surface area contributed by atoms with Crippen molar-refractivity contribution in [1.82, 2.24) is 10.3 Å². The smallest absolute Gasteiger partial charge is 0.326 e. The monoisotopic (exact) mass is 494 g/mol. The molecule has 2 aliphatic rings. The largest absolute Gasteiger partial charge is 0.480 e. The number of aryl methyl sites for hydroxylation is 2. The minimum absolute atomic E-state index is 0.0970. The van der Waals surface area contributed by atoms with Gasteiger partial charge in [0.15, 0.2) is 0 Å². The lowest BCUT2D eigenvalue weighted by atomic mass is 9.90. The number of halogens is 1. The van der Waals surface area contributed by atoms with Crippen LogP contribution < -0.4 is 10.6 Å². The van der Waals surface area contributed by atoms with Crippen LogP contribution in [-0.4, -0.2) is 47.8 Å². The van der Waals surface area contributed by atoms with E-state index in [0.717, 1.165) is 56.2 Å². The summed E-state index contributed by atoms with van der Waals surface area (Å²) in [7, 11) is 0. The molecular weight excluding hydrogens is 463 g/mol. The number of rotatable bonds is 12. The summed E-state index contributed by atoms with van der Waals surface area (Å²) in [4.78, 5) is 29.4. The summed E-state index contributed by atoms with van der Waals surface area (Å²) in [5.41, 5.74) is 1.87. The summed E-state index contributed by atoms with van der Waals surface area (Å²) >= 11 is 0. The summed E-state index contributed by atoms with van der Waals surface area (Å²) in [6.45, 7) is 1.66. The quantitative estimate of drug-likeness (QED) is 0.386. The number of carbonyl (C=O) groups is 2. The third-order valence-corrected chi connectivity index (χ3v) is 6.88. The predicted molar refractivity (Wildman–Crippen MR) is 131 cm³/mol. The molecule has 8 nitrogen and oxygen atoms in total. The molecule has 1 aromatic carbocycles. The van der Waals surface area contributed by atoms with E-state index in [4.69, 9.17) is 4.74 Å². The number of amides is 1. The highest BCUT2D eigenvalue weighted by Gasteiger charge is 2.53. The summed E-state index contributed by atoms with van der Waals surface area (Å²) in [6.07, 6.45) is 5.87. The number of aromatic nitrogens is 1. The van der Waals surface area contributed by atoms with Crippen LogP contribution in [0.3, 0.4) is 0 Å². The van der Waals surface area contributed by atoms with E-state index in [1.54, 1.807) is 0 Å². The fraction of sp³-hybridized carbons (Fsp3) is 0.481. The van der Waals surface area contributed by atoms with Gasteiger partial charge >= 0.3 is 5.97 Å². The molecule has 2 heterocycles. The van der Waals surface area contributed by atoms with Gasteiger partial charge in [0.2, 0.25) is 5.91 Å². The van der Waals surface area contributed by atoms with Crippen molar-refractivity contribution in [2.24, 2.45) is 0 Å². The number of nitriles is 1. The summed E-state index contributed by atoms with van der Waals surface area (Å²) in [5, 5.41) is 24.9. The normalized spacial score (nSPS) is 16.2. The van der Waals surface area contributed by atoms with Gasteiger partial charge in [-0.25, -0.2) is 14.2 Å². The van der Waals surface area contributed by atoms with Crippen molar-refractivity contribution in [3.63, 3.8) is 0 Å². The predicted octanol–water partition coefficient (Wildman–Crippen LogP) is 3.48. The molecule has 1 aliphatic carbocycles. The van der Waals surface area contributed by atoms with Crippen molar-refractivity contribution in [2.45, 2.75) is 62.8 Å². The molecule has 0 radical (unpaired) electrons. The molecule has 1 unspecified atom stereocenters. The van der Waals surface area contributed by atoms with Gasteiger partial charge in [-0.05, 0) is 74.3 Å². The van der Waals surface area contributed by atoms with E-state index in [1.165, 1.54) is 17.7 Å². The Morgan fingerprint density at radius 1 is 1.25 bits per heavy atom. The molecule has 4 rings (SSSR count). The van der Waals surface area contributed by atoms with Crippen LogP contribution >= 0.6 is 0 Å². The number of anilines is 1. The second-order valence-corrected chi connectivity index (χ2v) is 9.45. The molecule has 9 heteroatoms. The van der Waals surface area contributed by atoms with Crippen molar-refractivity contribution in [2.75, 3.05) is 25.1 Å². The number of hydrogen-bond acceptors (Lipinski definition) is 6. The molecule has 1 aromatic heterocycles. The highest BCUT2D eigenvalue weighted by atomic mass is 19.1. The van der Waals surface area contributed by atoms with Crippen LogP contribution in [0.4, 0.5) is 10.2 Å². The molecule has 0 spiro atoms. The Kier molecular flexibility index (Phi) is 8.16. The van der Waals surface area contributed by atoms with Crippen LogP contribution in [0.1, 0.15) is 60.9 Å². The maximum Gasteiger partial charge on any atom is 0.326 e. The first kappa shape index (κ1) is 25.6. The number of benzene rings is 1. The standard InChI is InChI=1S/C27H31FN4O4/c28-20-7-9-22(19(16-20)17-29)27(11-12-27)26(35)32-23(25(33)34)10-15-36-14-2-1-5-21-8-6-18-4-3-13-30-24(18)31-21/h6-9,16,23H,1-5,10-15H2,(H,30,31)(H,32,35)(H,33,34). The fourth-order valence-electron chi connectivity index (χ4n) is 4.65. The third kappa shape index (κ3) is 6.00. The number of carbonyl (C=O) groups excluding carboxylic acids is 1. The minimum atomic E-state index is -1.14. The van der Waals surface area contributed by atoms with E-state index in [2.05, 4.69) is 27.8 Å². The van der Waals surface area contributed by atoms with Gasteiger partial charge in [-0.2, -0.15) is 5.26 Å². The Labute approximate surface area is 209 Å². The van der Waals surface area contributed by atoms with Crippen molar-refractivity contribution in [3.8, 4) is 6.07 Å². The highest BCUT2D eigenvalue weighted by molar-refractivity contribution is 5.94. The molecule has 1 fully saturated rings. The molecule has 2 aromatic rings. The first-order valence-corrected chi connectivity index (χ1v) is 12.5. The van der Waals surface area contributed by atoms with Crippen molar-refractivity contribution >= 4 is 17.7 Å². The molecular formula is C27H31FN4O4. The number of unbranched alkanes of at least 4 members (excludes halogenated alkanes) is 1. The summed E-state index contributed by atoms with van der Waals surface area (Å²) in [6, 6.07) is 8.80. The van der Waals surface area contributed by atoms with Crippen LogP contribution in [0.15, 0.2) is 30.3 Å². The van der Waals surface area contributed by atoms with Gasteiger partial charge < -0.3 is 20.5 Å². The number of aliphatic carboxylic acids is 1. The fourth-order valence-corrected chi connectivity index (χ4v) is 4.65. The molecule has 3 N–H and O–H groups in total. The highest BCUT2D eigenvalue weighted by Crippen LogP contribution is 2.49. The number of carboxylic acid groups (broad SMARTS) is 1. The van der Waals surface area contributed by atoms with Crippen molar-refractivity contribution in [1.29, 1.82) is 5.26 Å². The van der Waals surface area contributed by atoms with Gasteiger partial charge in [0.25, 0.3) is 0 Å². The van der Waals surface area contributed by atoms with Crippen LogP contribution in [-0.2, 0) is 32.6 Å². The summed E-state index contributed by atoms with van der Waals surface area (Å²) < 4.78 is 19.1. The lowest BCUT2D eigenvalue weighted by Gasteiger charge is -2.21. The molecule has 0 saturated heterocycles. The number of fused-ring (bicyclic) bond motifs is 1. The Morgan fingerprint density at radius 2 is 2.08 bits per heavy atom. The lowest BCUT2D eigenvalue weighted by molar-refractivity contribution is -0.142. The minimum Gasteiger partial charge on any atom is -0.480 e. The topological polar surface area (TPSA) is 124 Å². The molecule has 1 amide bonds. The van der Waals surface area contributed by atoms with Gasteiger partial charge in [-0.3, -0.25) is 4.79 Å². The SMILES string of the molecule is N#Cc1cc(F)ccc1C1(C(=O)NC(CCOCCCCc2ccc3c(n2)NCCC3)C(=O)O)CC1. The first-order valence-electron chi connectivity index (χ1n) is 12.5. The van der Waals surface area contributed by atoms with Crippen LogP contribution in [0.5, 0.6) is 0 Å². The number of carboxylic acids is 1. The zero-order valence-electron chi connectivity index (χ0n) is 20.2. The van der Waals surface area contributed by atoms with Gasteiger partial charge in [-0.15, -0.1) is 0 Å². The Hall–Kier alpha value is -3.51. The lowest BCUT2D eigenvalue weighted by Crippen LogP contribution is -2.46. The Bertz CT molecular complexity index is 1160. The van der Waals surface area contributed by atoms with Gasteiger partial charge in [0, 0.05) is 31.9 Å². The molecule has 1 aliphatic heterocycles. The van der Waals surface area contributed by atoms with Crippen molar-refractivity contribution in [3.05, 3.63) is 58.5 Å². The first-order chi connectivity index (χ1) is 17.4. The van der Waals surface area contributed by atoms with Gasteiger partial charge in [0.05, 0.1) is 17.0 Å². The average molecular weight is 495 g/mol. The molecule has 1 saturated carbocycles. The second kappa shape index (κ2) is 11.5. The maximum absolute atomic E-state index is 13.5. The molecule has 190 valence electrons. The molecule has 36 heavy (non-hydrogen) atoms. The van der Waals surface area contributed by atoms with Crippen LogP contribution in [0.25, 0.3) is 0 Å². The van der Waals surface area contributed by atoms with Crippen LogP contribution in [0.2, 0.25) is 0 Å². The van der Waals surface area contributed by atoms with E-state index in [9.17, 15) is 24.3 Å². The molecule has 0 bridgehead atoms. The number of ether oxygens (including phenoxy) is 1. The van der Waals surface area contributed by atoms with E-state index in [-0.39, 0.29) is 18.6 Å². The maximum atomic E-state index is 13.5. The third-order valence-electron chi connectivity index (χ3n) is 6.88. The number of hydrogen-bond donors (Lipinski definition) is 3. The zero-order valence-corrected chi connectivity index (χ0v) is 20.2. The zero-order chi connectivity index (χ0) is 25.5. The average Bonchev–Trinajstić information content (AvgIpc) is 3.69. The van der Waals surface area contributed by atoms with Crippen LogP contribution in [0, 0.1) is 17.1 Å². The number of nitrogens with zero attached hydrogens (tertiary/aromatic N) is 2. The van der Waals surface area contributed by atoms with E-state index < -0.39 is 29.2 Å². The molecule has 1 atom stereocenters. The van der Waals surface area contributed by atoms with E-state index >= 15 is 0 Å².